The summed E-state index contributed by atoms with van der Waals surface area (Å²) in [4.78, 5) is 0. The second-order valence-corrected chi connectivity index (χ2v) is 6.97. The number of aryl methyl sites for hydroxylation is 2. The average molecular weight is 337 g/mol. The van der Waals surface area contributed by atoms with Crippen LogP contribution < -0.4 is 5.32 Å². The van der Waals surface area contributed by atoms with Crippen molar-refractivity contribution in [2.45, 2.75) is 64.2 Å². The van der Waals surface area contributed by atoms with Gasteiger partial charge in [-0.25, -0.2) is 5.32 Å². The van der Waals surface area contributed by atoms with Gasteiger partial charge in [-0.2, -0.15) is 0 Å². The van der Waals surface area contributed by atoms with Crippen molar-refractivity contribution >= 4 is 0 Å². The third-order valence-electron chi connectivity index (χ3n) is 4.75. The quantitative estimate of drug-likeness (QED) is 0.365. The Morgan fingerprint density at radius 2 is 0.840 bits per heavy atom. The van der Waals surface area contributed by atoms with Crippen molar-refractivity contribution in [3.05, 3.63) is 71.8 Å². The summed E-state index contributed by atoms with van der Waals surface area (Å²) in [6.07, 6.45) is 12.9. The Hall–Kier alpha value is -1.60. The molecule has 0 spiro atoms. The molecule has 0 aliphatic carbocycles. The van der Waals surface area contributed by atoms with Gasteiger partial charge in [0, 0.05) is 13.1 Å². The Kier molecular flexibility index (Phi) is 10.8. The van der Waals surface area contributed by atoms with Crippen LogP contribution in [0.3, 0.4) is 0 Å². The zero-order valence-electron chi connectivity index (χ0n) is 15.7. The molecule has 0 saturated carbocycles. The lowest BCUT2D eigenvalue weighted by Crippen LogP contribution is -2.08. The summed E-state index contributed by atoms with van der Waals surface area (Å²) in [5.41, 5.74) is 2.94. The number of nitrogens with zero attached hydrogens (tertiary/aromatic N) is 1. The highest BCUT2D eigenvalue weighted by Gasteiger charge is 1.96. The maximum absolute atomic E-state index is 4.68. The third kappa shape index (κ3) is 10.1. The standard InChI is InChI=1S/C24H34N/c1(7-15-23-17-9-5-10-18-23)3-13-21-25-22-14-4-2-8-16-24-19-11-6-12-20-24/h5-6,9-12,17-20H,1-4,7-8,13-16,21-22H2. The minimum Gasteiger partial charge on any atom is -0.242 e. The second kappa shape index (κ2) is 13.7. The van der Waals surface area contributed by atoms with Crippen LogP contribution >= 0.6 is 0 Å². The van der Waals surface area contributed by atoms with Gasteiger partial charge in [-0.1, -0.05) is 86.3 Å². The van der Waals surface area contributed by atoms with E-state index in [1.165, 1.54) is 75.3 Å². The molecule has 1 heteroatoms. The largest absolute Gasteiger partial charge is 0.242 e. The van der Waals surface area contributed by atoms with Gasteiger partial charge >= 0.3 is 0 Å². The molecule has 0 heterocycles. The molecule has 0 saturated heterocycles. The number of hydrogen-bond acceptors (Lipinski definition) is 0. The Balaban J connectivity index is 1.30. The van der Waals surface area contributed by atoms with E-state index in [0.29, 0.717) is 0 Å². The van der Waals surface area contributed by atoms with E-state index in [4.69, 9.17) is 0 Å². The van der Waals surface area contributed by atoms with E-state index in [1.807, 2.05) is 0 Å². The van der Waals surface area contributed by atoms with Crippen LogP contribution in [0.15, 0.2) is 60.7 Å². The second-order valence-electron chi connectivity index (χ2n) is 6.97. The van der Waals surface area contributed by atoms with Gasteiger partial charge in [-0.3, -0.25) is 0 Å². The molecule has 25 heavy (non-hydrogen) atoms. The van der Waals surface area contributed by atoms with Crippen molar-refractivity contribution in [2.75, 3.05) is 13.1 Å². The highest BCUT2D eigenvalue weighted by Crippen LogP contribution is 2.08. The topological polar surface area (TPSA) is 14.1 Å². The van der Waals surface area contributed by atoms with Gasteiger partial charge in [-0.15, -0.1) is 0 Å². The number of benzene rings is 2. The summed E-state index contributed by atoms with van der Waals surface area (Å²) in [5, 5.41) is 4.68. The third-order valence-corrected chi connectivity index (χ3v) is 4.75. The summed E-state index contributed by atoms with van der Waals surface area (Å²) < 4.78 is 0. The smallest absolute Gasteiger partial charge is 0.0133 e. The molecule has 1 radical (unpaired) electrons. The molecule has 1 nitrogen and oxygen atoms in total. The van der Waals surface area contributed by atoms with Crippen LogP contribution in [0.25, 0.3) is 0 Å². The van der Waals surface area contributed by atoms with Crippen LogP contribution in [0.5, 0.6) is 0 Å². The monoisotopic (exact) mass is 336 g/mol. The van der Waals surface area contributed by atoms with Gasteiger partial charge in [0.15, 0.2) is 0 Å². The Morgan fingerprint density at radius 1 is 0.440 bits per heavy atom. The number of hydrogen-bond donors (Lipinski definition) is 0. The lowest BCUT2D eigenvalue weighted by atomic mass is 10.1. The van der Waals surface area contributed by atoms with Crippen LogP contribution in [-0.4, -0.2) is 13.1 Å². The van der Waals surface area contributed by atoms with Crippen LogP contribution in [0.1, 0.15) is 62.5 Å². The molecule has 135 valence electrons. The minimum atomic E-state index is 1.06. The first-order valence-corrected chi connectivity index (χ1v) is 10.2. The van der Waals surface area contributed by atoms with Crippen LogP contribution in [0.2, 0.25) is 0 Å². The highest BCUT2D eigenvalue weighted by atomic mass is 14.8. The summed E-state index contributed by atoms with van der Waals surface area (Å²) in [6, 6.07) is 21.6. The minimum absolute atomic E-state index is 1.06. The fraction of sp³-hybridized carbons (Fsp3) is 0.500. The van der Waals surface area contributed by atoms with Crippen molar-refractivity contribution in [3.63, 3.8) is 0 Å². The average Bonchev–Trinajstić information content (AvgIpc) is 2.67. The van der Waals surface area contributed by atoms with Gasteiger partial charge in [0.1, 0.15) is 0 Å². The van der Waals surface area contributed by atoms with Gasteiger partial charge < -0.3 is 0 Å². The maximum atomic E-state index is 4.68. The SMILES string of the molecule is c1ccc(CCCCCC[N]CCCCCCc2ccccc2)cc1. The molecule has 2 aromatic carbocycles. The fourth-order valence-electron chi connectivity index (χ4n) is 3.21. The highest BCUT2D eigenvalue weighted by molar-refractivity contribution is 5.15. The van der Waals surface area contributed by atoms with Crippen LogP contribution in [0, 0.1) is 0 Å². The molecule has 0 N–H and O–H groups in total. The van der Waals surface area contributed by atoms with Gasteiger partial charge in [0.2, 0.25) is 0 Å². The Morgan fingerprint density at radius 3 is 1.28 bits per heavy atom. The first-order valence-electron chi connectivity index (χ1n) is 10.2. The van der Waals surface area contributed by atoms with E-state index < -0.39 is 0 Å². The predicted octanol–water partition coefficient (Wildman–Crippen LogP) is 6.20. The summed E-state index contributed by atoms with van der Waals surface area (Å²) in [6.45, 7) is 2.13. The number of rotatable bonds is 14. The Labute approximate surface area is 154 Å². The van der Waals surface area contributed by atoms with Crippen molar-refractivity contribution in [3.8, 4) is 0 Å². The van der Waals surface area contributed by atoms with Crippen molar-refractivity contribution < 1.29 is 0 Å². The molecular weight excluding hydrogens is 302 g/mol. The van der Waals surface area contributed by atoms with E-state index in [9.17, 15) is 0 Å². The number of unbranched alkanes of at least 4 members (excludes halogenated alkanes) is 6. The normalized spacial score (nSPS) is 10.9. The molecule has 2 rings (SSSR count). The van der Waals surface area contributed by atoms with Crippen molar-refractivity contribution in [2.24, 2.45) is 0 Å². The Bertz CT molecular complexity index is 471. The lowest BCUT2D eigenvalue weighted by molar-refractivity contribution is 0.548. The van der Waals surface area contributed by atoms with Gasteiger partial charge in [0.05, 0.1) is 0 Å². The van der Waals surface area contributed by atoms with Gasteiger partial charge in [0.25, 0.3) is 0 Å². The molecule has 2 aromatic rings. The molecule has 0 aromatic heterocycles. The molecular formula is C24H34N. The van der Waals surface area contributed by atoms with E-state index in [0.717, 1.165) is 13.1 Å². The first-order chi connectivity index (χ1) is 12.4. The zero-order valence-corrected chi connectivity index (χ0v) is 15.7. The van der Waals surface area contributed by atoms with Gasteiger partial charge in [-0.05, 0) is 49.7 Å². The fourth-order valence-corrected chi connectivity index (χ4v) is 3.21. The van der Waals surface area contributed by atoms with E-state index in [-0.39, 0.29) is 0 Å². The molecule has 0 unspecified atom stereocenters. The molecule has 0 atom stereocenters. The predicted molar refractivity (Wildman–Crippen MR) is 109 cm³/mol. The zero-order chi connectivity index (χ0) is 17.4. The van der Waals surface area contributed by atoms with Crippen molar-refractivity contribution in [1.29, 1.82) is 0 Å². The van der Waals surface area contributed by atoms with E-state index >= 15 is 0 Å². The van der Waals surface area contributed by atoms with Crippen LogP contribution in [-0.2, 0) is 12.8 Å². The first kappa shape index (κ1) is 19.7. The molecule has 0 amide bonds. The van der Waals surface area contributed by atoms with Crippen LogP contribution in [0.4, 0.5) is 0 Å². The molecule has 0 aliphatic rings. The summed E-state index contributed by atoms with van der Waals surface area (Å²) in [5.74, 6) is 0. The van der Waals surface area contributed by atoms with E-state index in [1.54, 1.807) is 0 Å². The maximum Gasteiger partial charge on any atom is 0.0133 e. The summed E-state index contributed by atoms with van der Waals surface area (Å²) in [7, 11) is 0. The van der Waals surface area contributed by atoms with E-state index in [2.05, 4.69) is 66.0 Å². The van der Waals surface area contributed by atoms with Crippen molar-refractivity contribution in [1.82, 2.24) is 5.32 Å². The molecule has 0 bridgehead atoms. The summed E-state index contributed by atoms with van der Waals surface area (Å²) >= 11 is 0. The molecule has 0 fully saturated rings. The lowest BCUT2D eigenvalue weighted by Gasteiger charge is -2.04. The molecule has 0 aliphatic heterocycles.